The molecule has 0 aromatic heterocycles. The predicted molar refractivity (Wildman–Crippen MR) is 123 cm³/mol. The fraction of sp³-hybridized carbons (Fsp3) is 0.792. The maximum Gasteiger partial charge on any atom is 0.199 e. The van der Waals surface area contributed by atoms with Crippen LogP contribution in [0, 0.1) is 39.9 Å². The van der Waals surface area contributed by atoms with Crippen molar-refractivity contribution >= 4 is 24.2 Å². The smallest absolute Gasteiger partial charge is 0.199 e. The van der Waals surface area contributed by atoms with E-state index in [1.54, 1.807) is 7.11 Å². The summed E-state index contributed by atoms with van der Waals surface area (Å²) < 4.78 is 12.4. The van der Waals surface area contributed by atoms with E-state index in [1.807, 2.05) is 0 Å². The molecule has 0 aliphatic heterocycles. The van der Waals surface area contributed by atoms with E-state index in [0.717, 1.165) is 42.8 Å². The van der Waals surface area contributed by atoms with Crippen molar-refractivity contribution in [3.8, 4) is 6.07 Å². The Labute approximate surface area is 186 Å². The Morgan fingerprint density at radius 3 is 2.59 bits per heavy atom. The standard InChI is InChI=1S/C24H36BrNO2Si/c1-22-11-8-18(27-3)14-17(22)6-7-19-20(22)9-12-23(2)21(19)10-13-24(23,15-26)28-29(4,5)16-25/h6,14,19-21H,7-13,16H2,1-5H3/t19-,20+,21+,22+,23+,24+/m1/s1. The van der Waals surface area contributed by atoms with Crippen LogP contribution in [0.3, 0.4) is 0 Å². The molecular formula is C24H36BrNO2Si. The van der Waals surface area contributed by atoms with Crippen LogP contribution < -0.4 is 0 Å². The molecule has 0 amide bonds. The van der Waals surface area contributed by atoms with E-state index in [4.69, 9.17) is 9.16 Å². The van der Waals surface area contributed by atoms with Crippen molar-refractivity contribution in [3.63, 3.8) is 0 Å². The molecule has 0 heterocycles. The lowest BCUT2D eigenvalue weighted by Crippen LogP contribution is -2.57. The molecule has 4 aliphatic carbocycles. The highest BCUT2D eigenvalue weighted by Gasteiger charge is 2.65. The Kier molecular flexibility index (Phi) is 5.41. The molecule has 0 saturated heterocycles. The van der Waals surface area contributed by atoms with Crippen molar-refractivity contribution in [1.29, 1.82) is 5.26 Å². The number of nitriles is 1. The minimum Gasteiger partial charge on any atom is -0.501 e. The van der Waals surface area contributed by atoms with Gasteiger partial charge < -0.3 is 9.16 Å². The molecule has 0 radical (unpaired) electrons. The number of alkyl halides is 1. The lowest BCUT2D eigenvalue weighted by molar-refractivity contribution is -0.0854. The van der Waals surface area contributed by atoms with Crippen LogP contribution in [-0.4, -0.2) is 26.0 Å². The third kappa shape index (κ3) is 3.12. The lowest BCUT2D eigenvalue weighted by Gasteiger charge is -2.58. The van der Waals surface area contributed by atoms with Gasteiger partial charge in [0.1, 0.15) is 5.60 Å². The number of hydrogen-bond acceptors (Lipinski definition) is 3. The first-order valence-corrected chi connectivity index (χ1v) is 15.5. The number of halogens is 1. The normalized spacial score (nSPS) is 44.0. The first kappa shape index (κ1) is 21.7. The zero-order valence-electron chi connectivity index (χ0n) is 18.7. The van der Waals surface area contributed by atoms with E-state index >= 15 is 0 Å². The fourth-order valence-corrected chi connectivity index (χ4v) is 9.05. The lowest BCUT2D eigenvalue weighted by atomic mass is 9.47. The molecule has 2 fully saturated rings. The monoisotopic (exact) mass is 477 g/mol. The Morgan fingerprint density at radius 2 is 1.93 bits per heavy atom. The highest BCUT2D eigenvalue weighted by molar-refractivity contribution is 9.09. The second kappa shape index (κ2) is 7.24. The first-order chi connectivity index (χ1) is 13.6. The molecule has 0 bridgehead atoms. The molecule has 4 rings (SSSR count). The Bertz CT molecular complexity index is 786. The van der Waals surface area contributed by atoms with Crippen LogP contribution in [0.5, 0.6) is 0 Å². The summed E-state index contributed by atoms with van der Waals surface area (Å²) in [6.45, 7) is 9.35. The first-order valence-electron chi connectivity index (χ1n) is 11.3. The molecule has 5 heteroatoms. The number of allylic oxidation sites excluding steroid dienone is 4. The van der Waals surface area contributed by atoms with Crippen LogP contribution in [-0.2, 0) is 9.16 Å². The average molecular weight is 479 g/mol. The topological polar surface area (TPSA) is 42.2 Å². The second-order valence-electron chi connectivity index (χ2n) is 10.9. The Balaban J connectivity index is 1.67. The molecule has 4 aliphatic rings. The van der Waals surface area contributed by atoms with Crippen molar-refractivity contribution in [2.75, 3.05) is 12.1 Å². The molecule has 160 valence electrons. The predicted octanol–water partition coefficient (Wildman–Crippen LogP) is 6.51. The van der Waals surface area contributed by atoms with E-state index in [0.29, 0.717) is 17.8 Å². The van der Waals surface area contributed by atoms with Crippen molar-refractivity contribution in [1.82, 2.24) is 0 Å². The van der Waals surface area contributed by atoms with E-state index in [9.17, 15) is 5.26 Å². The highest BCUT2D eigenvalue weighted by atomic mass is 79.9. The van der Waals surface area contributed by atoms with Gasteiger partial charge in [-0.2, -0.15) is 5.26 Å². The molecule has 0 unspecified atom stereocenters. The van der Waals surface area contributed by atoms with Gasteiger partial charge in [0.25, 0.3) is 0 Å². The summed E-state index contributed by atoms with van der Waals surface area (Å²) in [4.78, 5) is 0.883. The van der Waals surface area contributed by atoms with Crippen molar-refractivity contribution in [3.05, 3.63) is 23.5 Å². The summed E-state index contributed by atoms with van der Waals surface area (Å²) in [6.07, 6.45) is 12.6. The van der Waals surface area contributed by atoms with Gasteiger partial charge in [-0.25, -0.2) is 0 Å². The minimum absolute atomic E-state index is 0.0285. The summed E-state index contributed by atoms with van der Waals surface area (Å²) >= 11 is 3.65. The molecular weight excluding hydrogens is 442 g/mol. The van der Waals surface area contributed by atoms with E-state index in [-0.39, 0.29) is 10.8 Å². The maximum absolute atomic E-state index is 10.4. The number of methoxy groups -OCH3 is 1. The van der Waals surface area contributed by atoms with Gasteiger partial charge in [0.05, 0.1) is 18.9 Å². The van der Waals surface area contributed by atoms with Gasteiger partial charge >= 0.3 is 0 Å². The van der Waals surface area contributed by atoms with Crippen LogP contribution in [0.4, 0.5) is 0 Å². The number of ether oxygens (including phenoxy) is 1. The molecule has 0 aromatic carbocycles. The van der Waals surface area contributed by atoms with Gasteiger partial charge in [0.15, 0.2) is 8.32 Å². The fourth-order valence-electron chi connectivity index (χ4n) is 7.33. The highest BCUT2D eigenvalue weighted by Crippen LogP contribution is 2.67. The van der Waals surface area contributed by atoms with Crippen molar-refractivity contribution in [2.45, 2.75) is 77.5 Å². The third-order valence-corrected chi connectivity index (χ3v) is 14.7. The van der Waals surface area contributed by atoms with Crippen molar-refractivity contribution < 1.29 is 9.16 Å². The van der Waals surface area contributed by atoms with Crippen LogP contribution in [0.1, 0.15) is 58.8 Å². The Morgan fingerprint density at radius 1 is 1.21 bits per heavy atom. The number of fused-ring (bicyclic) bond motifs is 5. The van der Waals surface area contributed by atoms with Gasteiger partial charge in [-0.15, -0.1) is 0 Å². The summed E-state index contributed by atoms with van der Waals surface area (Å²) in [5.74, 6) is 3.11. The summed E-state index contributed by atoms with van der Waals surface area (Å²) in [5, 5.41) is 10.4. The minimum atomic E-state index is -1.90. The van der Waals surface area contributed by atoms with E-state index in [1.165, 1.54) is 18.4 Å². The molecule has 0 spiro atoms. The van der Waals surface area contributed by atoms with Gasteiger partial charge in [0, 0.05) is 16.8 Å². The molecule has 0 N–H and O–H groups in total. The molecule has 6 atom stereocenters. The molecule has 0 aromatic rings. The molecule has 29 heavy (non-hydrogen) atoms. The maximum atomic E-state index is 10.4. The van der Waals surface area contributed by atoms with Gasteiger partial charge in [0.2, 0.25) is 0 Å². The van der Waals surface area contributed by atoms with Crippen LogP contribution in [0.15, 0.2) is 23.5 Å². The van der Waals surface area contributed by atoms with Crippen LogP contribution in [0.2, 0.25) is 13.1 Å². The van der Waals surface area contributed by atoms with Gasteiger partial charge in [-0.05, 0) is 86.4 Å². The van der Waals surface area contributed by atoms with E-state index in [2.05, 4.69) is 61.1 Å². The number of nitrogens with zero attached hydrogens (tertiary/aromatic N) is 1. The third-order valence-electron chi connectivity index (χ3n) is 9.07. The van der Waals surface area contributed by atoms with Gasteiger partial charge in [-0.3, -0.25) is 0 Å². The average Bonchev–Trinajstić information content (AvgIpc) is 2.99. The zero-order chi connectivity index (χ0) is 21.1. The molecule has 3 nitrogen and oxygen atoms in total. The van der Waals surface area contributed by atoms with Gasteiger partial charge in [-0.1, -0.05) is 35.9 Å². The summed E-state index contributed by atoms with van der Waals surface area (Å²) in [6, 6.07) is 2.73. The van der Waals surface area contributed by atoms with E-state index < -0.39 is 13.9 Å². The van der Waals surface area contributed by atoms with Crippen LogP contribution >= 0.6 is 15.9 Å². The zero-order valence-corrected chi connectivity index (χ0v) is 21.3. The Hall–Kier alpha value is -0.573. The second-order valence-corrected chi connectivity index (χ2v) is 16.6. The quantitative estimate of drug-likeness (QED) is 0.342. The number of rotatable bonds is 4. The van der Waals surface area contributed by atoms with Crippen molar-refractivity contribution in [2.24, 2.45) is 28.6 Å². The SMILES string of the molecule is COC1=CC2=CC[C@@H]3[C@H](CC[C@@]4(C)[C@H]3CC[C@@]4(C#N)O[Si](C)(C)CBr)[C@@]2(C)CC1. The number of hydrogen-bond donors (Lipinski definition) is 0. The summed E-state index contributed by atoms with van der Waals surface area (Å²) in [7, 11) is -0.101. The summed E-state index contributed by atoms with van der Waals surface area (Å²) in [5.41, 5.74) is 1.13. The van der Waals surface area contributed by atoms with Crippen LogP contribution in [0.25, 0.3) is 0 Å². The largest absolute Gasteiger partial charge is 0.501 e. The molecule has 2 saturated carbocycles.